The molecule has 1 atom stereocenters. The number of thioether (sulfide) groups is 1. The lowest BCUT2D eigenvalue weighted by Gasteiger charge is -2.17. The summed E-state index contributed by atoms with van der Waals surface area (Å²) >= 11 is 1.62. The van der Waals surface area contributed by atoms with E-state index in [1.54, 1.807) is 18.9 Å². The third-order valence-electron chi connectivity index (χ3n) is 3.06. The first-order valence-electron chi connectivity index (χ1n) is 6.93. The predicted octanol–water partition coefficient (Wildman–Crippen LogP) is 2.47. The van der Waals surface area contributed by atoms with Gasteiger partial charge in [-0.15, -0.1) is 11.8 Å². The minimum Gasteiger partial charge on any atom is -0.496 e. The molecule has 5 heteroatoms. The molecule has 1 aliphatic rings. The van der Waals surface area contributed by atoms with Gasteiger partial charge in [0, 0.05) is 16.7 Å². The minimum atomic E-state index is -0.252. The van der Waals surface area contributed by atoms with Crippen LogP contribution in [-0.2, 0) is 9.53 Å². The lowest BCUT2D eigenvalue weighted by molar-refractivity contribution is -0.145. The largest absolute Gasteiger partial charge is 0.496 e. The number of carbonyl (C=O) groups excluding carboxylic acids is 1. The SMILES string of the molecule is CCOC(=O)C(CSc1ccccc1OC)NC1CC1. The van der Waals surface area contributed by atoms with E-state index in [2.05, 4.69) is 5.32 Å². The summed E-state index contributed by atoms with van der Waals surface area (Å²) in [6.07, 6.45) is 2.30. The summed E-state index contributed by atoms with van der Waals surface area (Å²) in [6, 6.07) is 8.06. The van der Waals surface area contributed by atoms with Gasteiger partial charge >= 0.3 is 5.97 Å². The Labute approximate surface area is 124 Å². The molecule has 0 saturated heterocycles. The van der Waals surface area contributed by atoms with Crippen molar-refractivity contribution in [3.63, 3.8) is 0 Å². The summed E-state index contributed by atoms with van der Waals surface area (Å²) in [4.78, 5) is 13.0. The Morgan fingerprint density at radius 3 is 2.85 bits per heavy atom. The summed E-state index contributed by atoms with van der Waals surface area (Å²) in [5, 5.41) is 3.35. The van der Waals surface area contributed by atoms with E-state index in [0.29, 0.717) is 18.4 Å². The van der Waals surface area contributed by atoms with Gasteiger partial charge in [0.1, 0.15) is 11.8 Å². The summed E-state index contributed by atoms with van der Waals surface area (Å²) in [6.45, 7) is 2.25. The molecule has 0 spiro atoms. The van der Waals surface area contributed by atoms with Gasteiger partial charge in [-0.05, 0) is 31.9 Å². The Morgan fingerprint density at radius 2 is 2.20 bits per heavy atom. The zero-order valence-corrected chi connectivity index (χ0v) is 12.7. The Hall–Kier alpha value is -1.20. The third-order valence-corrected chi connectivity index (χ3v) is 4.21. The fourth-order valence-corrected chi connectivity index (χ4v) is 2.92. The van der Waals surface area contributed by atoms with Gasteiger partial charge < -0.3 is 14.8 Å². The van der Waals surface area contributed by atoms with Crippen LogP contribution in [0.1, 0.15) is 19.8 Å². The van der Waals surface area contributed by atoms with Gasteiger partial charge in [-0.25, -0.2) is 0 Å². The van der Waals surface area contributed by atoms with Crippen LogP contribution < -0.4 is 10.1 Å². The number of hydrogen-bond acceptors (Lipinski definition) is 5. The Balaban J connectivity index is 1.94. The highest BCUT2D eigenvalue weighted by atomic mass is 32.2. The number of esters is 1. The van der Waals surface area contributed by atoms with E-state index in [1.165, 1.54) is 0 Å². The molecule has 1 fully saturated rings. The van der Waals surface area contributed by atoms with Gasteiger partial charge in [0.25, 0.3) is 0 Å². The first-order chi connectivity index (χ1) is 9.74. The highest BCUT2D eigenvalue weighted by Crippen LogP contribution is 2.30. The average molecular weight is 295 g/mol. The molecule has 4 nitrogen and oxygen atoms in total. The van der Waals surface area contributed by atoms with Gasteiger partial charge in [-0.3, -0.25) is 4.79 Å². The van der Waals surface area contributed by atoms with Gasteiger partial charge in [0.2, 0.25) is 0 Å². The summed E-state index contributed by atoms with van der Waals surface area (Å²) < 4.78 is 10.5. The molecule has 0 radical (unpaired) electrons. The Kier molecular flexibility index (Phi) is 5.73. The molecule has 0 aliphatic heterocycles. The molecular weight excluding hydrogens is 274 g/mol. The number of methoxy groups -OCH3 is 1. The van der Waals surface area contributed by atoms with Crippen molar-refractivity contribution < 1.29 is 14.3 Å². The molecule has 0 heterocycles. The van der Waals surface area contributed by atoms with Crippen LogP contribution in [0.15, 0.2) is 29.2 Å². The van der Waals surface area contributed by atoms with Gasteiger partial charge in [0.05, 0.1) is 13.7 Å². The summed E-state index contributed by atoms with van der Waals surface area (Å²) in [5.74, 6) is 1.32. The topological polar surface area (TPSA) is 47.6 Å². The Bertz CT molecular complexity index is 448. The van der Waals surface area contributed by atoms with Crippen molar-refractivity contribution >= 4 is 17.7 Å². The highest BCUT2D eigenvalue weighted by Gasteiger charge is 2.29. The van der Waals surface area contributed by atoms with Crippen molar-refractivity contribution in [2.24, 2.45) is 0 Å². The van der Waals surface area contributed by atoms with E-state index in [4.69, 9.17) is 9.47 Å². The van der Waals surface area contributed by atoms with E-state index in [9.17, 15) is 4.79 Å². The van der Waals surface area contributed by atoms with Crippen LogP contribution in [0.3, 0.4) is 0 Å². The quantitative estimate of drug-likeness (QED) is 0.590. The number of carbonyl (C=O) groups is 1. The number of hydrogen-bond donors (Lipinski definition) is 1. The number of para-hydroxylation sites is 1. The summed E-state index contributed by atoms with van der Waals surface area (Å²) in [5.41, 5.74) is 0. The van der Waals surface area contributed by atoms with Gasteiger partial charge in [-0.2, -0.15) is 0 Å². The molecule has 1 unspecified atom stereocenters. The van der Waals surface area contributed by atoms with Crippen LogP contribution in [0.2, 0.25) is 0 Å². The zero-order chi connectivity index (χ0) is 14.4. The number of nitrogens with one attached hydrogen (secondary N) is 1. The molecule has 20 heavy (non-hydrogen) atoms. The lowest BCUT2D eigenvalue weighted by Crippen LogP contribution is -2.41. The molecule has 1 aliphatic carbocycles. The molecule has 1 N–H and O–H groups in total. The molecular formula is C15H21NO3S. The van der Waals surface area contributed by atoms with Crippen LogP contribution in [0, 0.1) is 0 Å². The highest BCUT2D eigenvalue weighted by molar-refractivity contribution is 7.99. The van der Waals surface area contributed by atoms with Crippen molar-refractivity contribution in [1.29, 1.82) is 0 Å². The molecule has 2 rings (SSSR count). The monoisotopic (exact) mass is 295 g/mol. The van der Waals surface area contributed by atoms with Crippen LogP contribution in [0.5, 0.6) is 5.75 Å². The van der Waals surface area contributed by atoms with Crippen LogP contribution >= 0.6 is 11.8 Å². The second-order valence-corrected chi connectivity index (χ2v) is 5.77. The van der Waals surface area contributed by atoms with E-state index in [1.807, 2.05) is 31.2 Å². The second-order valence-electron chi connectivity index (χ2n) is 4.71. The van der Waals surface area contributed by atoms with Crippen molar-refractivity contribution in [2.45, 2.75) is 36.7 Å². The fraction of sp³-hybridized carbons (Fsp3) is 0.533. The smallest absolute Gasteiger partial charge is 0.324 e. The first kappa shape index (κ1) is 15.2. The maximum atomic E-state index is 12.0. The molecule has 1 aromatic rings. The Morgan fingerprint density at radius 1 is 1.45 bits per heavy atom. The molecule has 1 aromatic carbocycles. The van der Waals surface area contributed by atoms with Crippen molar-refractivity contribution in [3.8, 4) is 5.75 Å². The fourth-order valence-electron chi connectivity index (χ4n) is 1.87. The summed E-state index contributed by atoms with van der Waals surface area (Å²) in [7, 11) is 1.66. The van der Waals surface area contributed by atoms with Crippen LogP contribution in [0.25, 0.3) is 0 Å². The van der Waals surface area contributed by atoms with E-state index < -0.39 is 0 Å². The van der Waals surface area contributed by atoms with Crippen LogP contribution in [0.4, 0.5) is 0 Å². The normalized spacial score (nSPS) is 15.7. The molecule has 110 valence electrons. The number of ether oxygens (including phenoxy) is 2. The van der Waals surface area contributed by atoms with Crippen LogP contribution in [-0.4, -0.2) is 37.5 Å². The second kappa shape index (κ2) is 7.55. The molecule has 0 amide bonds. The van der Waals surface area contributed by atoms with Gasteiger partial charge in [-0.1, -0.05) is 12.1 Å². The van der Waals surface area contributed by atoms with Crippen molar-refractivity contribution in [2.75, 3.05) is 19.5 Å². The molecule has 0 bridgehead atoms. The number of benzene rings is 1. The number of rotatable bonds is 8. The van der Waals surface area contributed by atoms with Crippen molar-refractivity contribution in [1.82, 2.24) is 5.32 Å². The standard InChI is InChI=1S/C15H21NO3S/c1-3-19-15(17)12(16-11-8-9-11)10-20-14-7-5-4-6-13(14)18-2/h4-7,11-12,16H,3,8-10H2,1-2H3. The average Bonchev–Trinajstić information content (AvgIpc) is 3.28. The third kappa shape index (κ3) is 4.42. The van der Waals surface area contributed by atoms with E-state index >= 15 is 0 Å². The zero-order valence-electron chi connectivity index (χ0n) is 11.9. The predicted molar refractivity (Wildman–Crippen MR) is 80.3 cm³/mol. The maximum Gasteiger partial charge on any atom is 0.324 e. The lowest BCUT2D eigenvalue weighted by atomic mass is 10.3. The maximum absolute atomic E-state index is 12.0. The molecule has 1 saturated carbocycles. The first-order valence-corrected chi connectivity index (χ1v) is 7.91. The minimum absolute atomic E-state index is 0.165. The van der Waals surface area contributed by atoms with E-state index in [0.717, 1.165) is 23.5 Å². The van der Waals surface area contributed by atoms with Crippen molar-refractivity contribution in [3.05, 3.63) is 24.3 Å². The van der Waals surface area contributed by atoms with Gasteiger partial charge in [0.15, 0.2) is 0 Å². The molecule has 0 aromatic heterocycles. The van der Waals surface area contributed by atoms with E-state index in [-0.39, 0.29) is 12.0 Å².